The molecule has 0 aliphatic carbocycles. The minimum atomic E-state index is -0.267. The molecule has 1 aliphatic rings. The van der Waals surface area contributed by atoms with Crippen LogP contribution in [-0.4, -0.2) is 45.2 Å². The number of rotatable bonds is 4. The van der Waals surface area contributed by atoms with E-state index in [1.165, 1.54) is 11.8 Å². The van der Waals surface area contributed by atoms with Gasteiger partial charge in [-0.25, -0.2) is 4.98 Å². The maximum Gasteiger partial charge on any atom is 0.236 e. The molecule has 0 saturated carbocycles. The molecule has 1 N–H and O–H groups in total. The van der Waals surface area contributed by atoms with Crippen LogP contribution in [0.5, 0.6) is 0 Å². The number of thioether (sulfide) groups is 1. The molecule has 3 rings (SSSR count). The quantitative estimate of drug-likeness (QED) is 0.742. The predicted molar refractivity (Wildman–Crippen MR) is 110 cm³/mol. The lowest BCUT2D eigenvalue weighted by molar-refractivity contribution is -0.133. The number of imidazole rings is 1. The van der Waals surface area contributed by atoms with E-state index in [0.29, 0.717) is 23.1 Å². The normalized spacial score (nSPS) is 18.3. The zero-order chi connectivity index (χ0) is 18.0. The summed E-state index contributed by atoms with van der Waals surface area (Å²) < 4.78 is 1.96. The largest absolute Gasteiger partial charge is 0.336 e. The predicted octanol–water partition coefficient (Wildman–Crippen LogP) is 3.80. The first-order valence-electron chi connectivity index (χ1n) is 8.07. The zero-order valence-corrected chi connectivity index (χ0v) is 17.6. The summed E-state index contributed by atoms with van der Waals surface area (Å²) in [5.41, 5.74) is 0. The number of amides is 1. The Morgan fingerprint density at radius 1 is 1.42 bits per heavy atom. The third kappa shape index (κ3) is 4.67. The minimum absolute atomic E-state index is 0. The molecule has 142 valence electrons. The monoisotopic (exact) mass is 434 g/mol. The first-order valence-corrected chi connectivity index (χ1v) is 9.71. The van der Waals surface area contributed by atoms with Crippen LogP contribution in [0.2, 0.25) is 10.0 Å². The molecule has 1 saturated heterocycles. The molecule has 5 nitrogen and oxygen atoms in total. The highest BCUT2D eigenvalue weighted by Gasteiger charge is 2.33. The van der Waals surface area contributed by atoms with Crippen LogP contribution in [0.25, 0.3) is 0 Å². The molecular formula is C17H21Cl3N4OS. The van der Waals surface area contributed by atoms with Crippen LogP contribution in [0, 0.1) is 0 Å². The van der Waals surface area contributed by atoms with Gasteiger partial charge in [0.15, 0.2) is 0 Å². The van der Waals surface area contributed by atoms with Gasteiger partial charge in [-0.1, -0.05) is 23.2 Å². The zero-order valence-electron chi connectivity index (χ0n) is 14.5. The van der Waals surface area contributed by atoms with Crippen molar-refractivity contribution in [2.24, 2.45) is 7.05 Å². The van der Waals surface area contributed by atoms with E-state index < -0.39 is 0 Å². The second-order valence-corrected chi connectivity index (χ2v) is 8.21. The lowest BCUT2D eigenvalue weighted by atomic mass is 10.1. The maximum atomic E-state index is 13.1. The number of aromatic nitrogens is 2. The van der Waals surface area contributed by atoms with Crippen molar-refractivity contribution in [3.8, 4) is 0 Å². The van der Waals surface area contributed by atoms with Crippen LogP contribution >= 0.6 is 47.4 Å². The number of hydrogen-bond acceptors (Lipinski definition) is 4. The first kappa shape index (κ1) is 21.4. The van der Waals surface area contributed by atoms with Crippen molar-refractivity contribution in [3.63, 3.8) is 0 Å². The number of carbonyl (C=O) groups is 1. The van der Waals surface area contributed by atoms with Gasteiger partial charge in [-0.15, -0.1) is 24.2 Å². The Bertz CT molecular complexity index is 770. The van der Waals surface area contributed by atoms with E-state index in [0.717, 1.165) is 17.3 Å². The van der Waals surface area contributed by atoms with Crippen molar-refractivity contribution in [2.75, 3.05) is 19.6 Å². The summed E-state index contributed by atoms with van der Waals surface area (Å²) in [6.07, 6.45) is 3.66. The second-order valence-electron chi connectivity index (χ2n) is 5.98. The fraction of sp³-hybridized carbons (Fsp3) is 0.412. The van der Waals surface area contributed by atoms with Crippen LogP contribution in [-0.2, 0) is 11.8 Å². The molecule has 1 aliphatic heterocycles. The topological polar surface area (TPSA) is 50.2 Å². The Morgan fingerprint density at radius 3 is 2.88 bits per heavy atom. The van der Waals surface area contributed by atoms with E-state index in [9.17, 15) is 4.79 Å². The molecular weight excluding hydrogens is 415 g/mol. The summed E-state index contributed by atoms with van der Waals surface area (Å²) in [5.74, 6) is 0.967. The third-order valence-corrected chi connectivity index (χ3v) is 6.05. The molecule has 9 heteroatoms. The van der Waals surface area contributed by atoms with E-state index >= 15 is 0 Å². The molecule has 2 aromatic rings. The Labute approximate surface area is 173 Å². The highest BCUT2D eigenvalue weighted by atomic mass is 35.5. The summed E-state index contributed by atoms with van der Waals surface area (Å²) in [4.78, 5) is 20.2. The summed E-state index contributed by atoms with van der Waals surface area (Å²) in [5, 5.41) is 4.30. The highest BCUT2D eigenvalue weighted by Crippen LogP contribution is 2.34. The Morgan fingerprint density at radius 2 is 2.19 bits per heavy atom. The molecule has 1 aromatic carbocycles. The number of benzene rings is 1. The van der Waals surface area contributed by atoms with E-state index in [2.05, 4.69) is 10.3 Å². The fourth-order valence-electron chi connectivity index (χ4n) is 2.94. The number of piperazine rings is 1. The molecule has 26 heavy (non-hydrogen) atoms. The Kier molecular flexibility index (Phi) is 7.67. The molecule has 1 aromatic heterocycles. The van der Waals surface area contributed by atoms with E-state index in [1.807, 2.05) is 29.6 Å². The number of aryl methyl sites for hydroxylation is 1. The van der Waals surface area contributed by atoms with Gasteiger partial charge in [-0.3, -0.25) is 4.79 Å². The lowest BCUT2D eigenvalue weighted by Crippen LogP contribution is -2.51. The van der Waals surface area contributed by atoms with Gasteiger partial charge in [-0.2, -0.15) is 0 Å². The van der Waals surface area contributed by atoms with E-state index in [4.69, 9.17) is 23.2 Å². The van der Waals surface area contributed by atoms with Gasteiger partial charge in [0.1, 0.15) is 11.9 Å². The first-order chi connectivity index (χ1) is 12.0. The third-order valence-electron chi connectivity index (χ3n) is 4.23. The van der Waals surface area contributed by atoms with Gasteiger partial charge in [-0.05, 0) is 25.1 Å². The van der Waals surface area contributed by atoms with Gasteiger partial charge in [0, 0.05) is 49.0 Å². The SMILES string of the molecule is CC(Sc1cc(Cl)ccc1Cl)C(=O)N1CCNCC1c1nccn1C.Cl. The van der Waals surface area contributed by atoms with Gasteiger partial charge in [0.05, 0.1) is 10.3 Å². The molecule has 0 spiro atoms. The number of nitrogens with one attached hydrogen (secondary N) is 1. The highest BCUT2D eigenvalue weighted by molar-refractivity contribution is 8.00. The van der Waals surface area contributed by atoms with E-state index in [-0.39, 0.29) is 29.6 Å². The standard InChI is InChI=1S/C17H20Cl2N4OS.ClH/c1-11(25-15-9-12(18)3-4-13(15)19)17(24)23-8-5-20-10-14(23)16-21-6-7-22(16)2;/h3-4,6-7,9,11,14,20H,5,8,10H2,1-2H3;1H. The van der Waals surface area contributed by atoms with E-state index in [1.54, 1.807) is 24.4 Å². The van der Waals surface area contributed by atoms with Gasteiger partial charge < -0.3 is 14.8 Å². The van der Waals surface area contributed by atoms with Crippen LogP contribution in [0.1, 0.15) is 18.8 Å². The molecule has 1 fully saturated rings. The van der Waals surface area contributed by atoms with Gasteiger partial charge >= 0.3 is 0 Å². The summed E-state index contributed by atoms with van der Waals surface area (Å²) >= 11 is 13.7. The smallest absolute Gasteiger partial charge is 0.236 e. The number of nitrogens with zero attached hydrogens (tertiary/aromatic N) is 3. The summed E-state index contributed by atoms with van der Waals surface area (Å²) in [6, 6.07) is 5.23. The van der Waals surface area contributed by atoms with Crippen LogP contribution in [0.4, 0.5) is 0 Å². The summed E-state index contributed by atoms with van der Waals surface area (Å²) in [7, 11) is 1.95. The van der Waals surface area contributed by atoms with Crippen molar-refractivity contribution in [3.05, 3.63) is 46.5 Å². The van der Waals surface area contributed by atoms with Gasteiger partial charge in [0.2, 0.25) is 5.91 Å². The van der Waals surface area contributed by atoms with Crippen molar-refractivity contribution in [1.82, 2.24) is 19.8 Å². The van der Waals surface area contributed by atoms with Crippen LogP contribution in [0.15, 0.2) is 35.5 Å². The molecule has 2 atom stereocenters. The molecule has 1 amide bonds. The van der Waals surface area contributed by atoms with Crippen molar-refractivity contribution in [2.45, 2.75) is 23.1 Å². The van der Waals surface area contributed by atoms with Crippen LogP contribution in [0.3, 0.4) is 0 Å². The maximum absolute atomic E-state index is 13.1. The lowest BCUT2D eigenvalue weighted by Gasteiger charge is -2.37. The molecule has 0 bridgehead atoms. The van der Waals surface area contributed by atoms with Crippen LogP contribution < -0.4 is 5.32 Å². The van der Waals surface area contributed by atoms with Gasteiger partial charge in [0.25, 0.3) is 0 Å². The fourth-order valence-corrected chi connectivity index (χ4v) is 4.42. The molecule has 2 unspecified atom stereocenters. The number of carbonyl (C=O) groups excluding carboxylic acids is 1. The second kappa shape index (κ2) is 9.33. The average Bonchev–Trinajstić information content (AvgIpc) is 3.03. The Hall–Kier alpha value is -0.920. The average molecular weight is 436 g/mol. The minimum Gasteiger partial charge on any atom is -0.336 e. The molecule has 0 radical (unpaired) electrons. The summed E-state index contributed by atoms with van der Waals surface area (Å²) in [6.45, 7) is 4.04. The number of hydrogen-bond donors (Lipinski definition) is 1. The number of halogens is 3. The Balaban J connectivity index is 0.00000243. The van der Waals surface area contributed by atoms with Crippen molar-refractivity contribution >= 4 is 53.3 Å². The molecule has 2 heterocycles. The van der Waals surface area contributed by atoms with Crippen molar-refractivity contribution < 1.29 is 4.79 Å². The van der Waals surface area contributed by atoms with Crippen molar-refractivity contribution in [1.29, 1.82) is 0 Å².